The van der Waals surface area contributed by atoms with Crippen molar-refractivity contribution in [1.82, 2.24) is 15.5 Å². The first-order valence-electron chi connectivity index (χ1n) is 6.57. The molecule has 0 aliphatic rings. The molecule has 1 heterocycles. The van der Waals surface area contributed by atoms with Crippen LogP contribution >= 0.6 is 0 Å². The molecule has 0 unspecified atom stereocenters. The first-order chi connectivity index (χ1) is 8.01. The third-order valence-corrected chi connectivity index (χ3v) is 2.48. The molecule has 0 aliphatic heterocycles. The van der Waals surface area contributed by atoms with E-state index in [1.807, 2.05) is 0 Å². The highest BCUT2D eigenvalue weighted by Crippen LogP contribution is 2.06. The third kappa shape index (κ3) is 6.41. The topological polar surface area (TPSA) is 51.0 Å². The van der Waals surface area contributed by atoms with Gasteiger partial charge in [-0.05, 0) is 40.2 Å². The summed E-state index contributed by atoms with van der Waals surface area (Å²) < 4.78 is 5.57. The molecule has 0 amide bonds. The minimum atomic E-state index is 0.182. The van der Waals surface area contributed by atoms with Crippen molar-refractivity contribution >= 4 is 0 Å². The Hall–Kier alpha value is -0.900. The number of aromatic nitrogens is 2. The number of hydrogen-bond donors (Lipinski definition) is 1. The van der Waals surface area contributed by atoms with Gasteiger partial charge < -0.3 is 9.73 Å². The number of rotatable bonds is 7. The summed E-state index contributed by atoms with van der Waals surface area (Å²) in [5, 5.41) is 11.5. The monoisotopic (exact) mass is 239 g/mol. The van der Waals surface area contributed by atoms with E-state index in [-0.39, 0.29) is 5.54 Å². The molecule has 1 rings (SSSR count). The van der Waals surface area contributed by atoms with Crippen LogP contribution < -0.4 is 5.32 Å². The lowest BCUT2D eigenvalue weighted by Gasteiger charge is -2.19. The molecule has 4 nitrogen and oxygen atoms in total. The largest absolute Gasteiger partial charge is 0.425 e. The van der Waals surface area contributed by atoms with Gasteiger partial charge in [-0.15, -0.1) is 10.2 Å². The molecule has 1 aromatic heterocycles. The summed E-state index contributed by atoms with van der Waals surface area (Å²) in [5.74, 6) is 1.55. The lowest BCUT2D eigenvalue weighted by molar-refractivity contribution is 0.404. The zero-order valence-corrected chi connectivity index (χ0v) is 11.5. The predicted molar refractivity (Wildman–Crippen MR) is 69.0 cm³/mol. The maximum atomic E-state index is 5.57. The minimum absolute atomic E-state index is 0.182. The van der Waals surface area contributed by atoms with Crippen molar-refractivity contribution in [2.24, 2.45) is 0 Å². The van der Waals surface area contributed by atoms with Gasteiger partial charge in [0.25, 0.3) is 0 Å². The molecule has 98 valence electrons. The van der Waals surface area contributed by atoms with Crippen LogP contribution in [0.15, 0.2) is 4.42 Å². The molecular weight excluding hydrogens is 214 g/mol. The second-order valence-corrected chi connectivity index (χ2v) is 5.47. The van der Waals surface area contributed by atoms with E-state index in [0.717, 1.165) is 50.4 Å². The van der Waals surface area contributed by atoms with E-state index >= 15 is 0 Å². The normalized spacial score (nSPS) is 12.0. The van der Waals surface area contributed by atoms with E-state index in [1.165, 1.54) is 0 Å². The molecule has 0 spiro atoms. The predicted octanol–water partition coefficient (Wildman–Crippen LogP) is 2.73. The summed E-state index contributed by atoms with van der Waals surface area (Å²) >= 11 is 0. The number of aryl methyl sites for hydroxylation is 2. The molecule has 1 N–H and O–H groups in total. The highest BCUT2D eigenvalue weighted by Gasteiger charge is 2.09. The Kier molecular flexibility index (Phi) is 5.62. The molecule has 0 saturated carbocycles. The number of nitrogens with one attached hydrogen (secondary N) is 1. The summed E-state index contributed by atoms with van der Waals surface area (Å²) in [7, 11) is 0. The molecule has 0 aromatic carbocycles. The van der Waals surface area contributed by atoms with Gasteiger partial charge in [0, 0.05) is 18.4 Å². The number of unbranched alkanes of at least 4 members (excludes halogenated alkanes) is 1. The average Bonchev–Trinajstić information content (AvgIpc) is 2.68. The van der Waals surface area contributed by atoms with Gasteiger partial charge >= 0.3 is 0 Å². The van der Waals surface area contributed by atoms with Crippen molar-refractivity contribution in [2.75, 3.05) is 6.54 Å². The second kappa shape index (κ2) is 6.74. The molecule has 4 heteroatoms. The molecule has 17 heavy (non-hydrogen) atoms. The van der Waals surface area contributed by atoms with Crippen LogP contribution in [0, 0.1) is 0 Å². The van der Waals surface area contributed by atoms with Crippen molar-refractivity contribution in [1.29, 1.82) is 0 Å². The lowest BCUT2D eigenvalue weighted by Crippen LogP contribution is -2.36. The Labute approximate surface area is 104 Å². The van der Waals surface area contributed by atoms with Gasteiger partial charge in [-0.3, -0.25) is 0 Å². The zero-order valence-electron chi connectivity index (χ0n) is 11.5. The van der Waals surface area contributed by atoms with Crippen molar-refractivity contribution in [3.63, 3.8) is 0 Å². The fourth-order valence-corrected chi connectivity index (χ4v) is 1.52. The van der Waals surface area contributed by atoms with E-state index in [1.54, 1.807) is 0 Å². The SMILES string of the molecule is CCCCc1nnc(CCCNC(C)(C)C)o1. The zero-order chi connectivity index (χ0) is 12.7. The number of nitrogens with zero attached hydrogens (tertiary/aromatic N) is 2. The van der Waals surface area contributed by atoms with Crippen molar-refractivity contribution in [3.8, 4) is 0 Å². The average molecular weight is 239 g/mol. The van der Waals surface area contributed by atoms with Crippen LogP contribution in [0.5, 0.6) is 0 Å². The van der Waals surface area contributed by atoms with Gasteiger partial charge in [-0.2, -0.15) is 0 Å². The van der Waals surface area contributed by atoms with Gasteiger partial charge in [0.05, 0.1) is 0 Å². The fraction of sp³-hybridized carbons (Fsp3) is 0.846. The minimum Gasteiger partial charge on any atom is -0.425 e. The van der Waals surface area contributed by atoms with Crippen molar-refractivity contribution < 1.29 is 4.42 Å². The van der Waals surface area contributed by atoms with Gasteiger partial charge in [0.15, 0.2) is 0 Å². The van der Waals surface area contributed by atoms with Crippen LogP contribution in [-0.4, -0.2) is 22.3 Å². The molecule has 0 fully saturated rings. The van der Waals surface area contributed by atoms with E-state index in [4.69, 9.17) is 4.42 Å². The third-order valence-electron chi connectivity index (χ3n) is 2.48. The number of hydrogen-bond acceptors (Lipinski definition) is 4. The Bertz CT molecular complexity index is 315. The van der Waals surface area contributed by atoms with E-state index in [2.05, 4.69) is 43.2 Å². The molecule has 0 atom stereocenters. The summed E-state index contributed by atoms with van der Waals surface area (Å²) in [4.78, 5) is 0. The molecule has 0 saturated heterocycles. The molecule has 0 aliphatic carbocycles. The summed E-state index contributed by atoms with van der Waals surface area (Å²) in [5.41, 5.74) is 0.182. The van der Waals surface area contributed by atoms with Gasteiger partial charge in [-0.1, -0.05) is 13.3 Å². The van der Waals surface area contributed by atoms with Crippen molar-refractivity contribution in [3.05, 3.63) is 11.8 Å². The standard InChI is InChI=1S/C13H25N3O/c1-5-6-8-11-15-16-12(17-11)9-7-10-14-13(2,3)4/h14H,5-10H2,1-4H3. The van der Waals surface area contributed by atoms with Crippen LogP contribution in [0.2, 0.25) is 0 Å². The van der Waals surface area contributed by atoms with Crippen molar-refractivity contribution in [2.45, 2.75) is 65.3 Å². The quantitative estimate of drug-likeness (QED) is 0.743. The smallest absolute Gasteiger partial charge is 0.216 e. The van der Waals surface area contributed by atoms with E-state index < -0.39 is 0 Å². The Morgan fingerprint density at radius 3 is 2.18 bits per heavy atom. The maximum Gasteiger partial charge on any atom is 0.216 e. The molecule has 0 bridgehead atoms. The molecule has 0 radical (unpaired) electrons. The summed E-state index contributed by atoms with van der Waals surface area (Å²) in [6.45, 7) is 9.65. The first-order valence-corrected chi connectivity index (χ1v) is 6.57. The van der Waals surface area contributed by atoms with Crippen LogP contribution in [0.4, 0.5) is 0 Å². The van der Waals surface area contributed by atoms with Gasteiger partial charge in [0.1, 0.15) is 0 Å². The Morgan fingerprint density at radius 2 is 1.65 bits per heavy atom. The van der Waals surface area contributed by atoms with E-state index in [0.29, 0.717) is 0 Å². The lowest BCUT2D eigenvalue weighted by atomic mass is 10.1. The first kappa shape index (κ1) is 14.2. The Morgan fingerprint density at radius 1 is 1.06 bits per heavy atom. The van der Waals surface area contributed by atoms with Gasteiger partial charge in [0.2, 0.25) is 11.8 Å². The van der Waals surface area contributed by atoms with Crippen LogP contribution in [0.3, 0.4) is 0 Å². The van der Waals surface area contributed by atoms with Crippen LogP contribution in [0.25, 0.3) is 0 Å². The fourth-order valence-electron chi connectivity index (χ4n) is 1.52. The van der Waals surface area contributed by atoms with Gasteiger partial charge in [-0.25, -0.2) is 0 Å². The maximum absolute atomic E-state index is 5.57. The van der Waals surface area contributed by atoms with Crippen LogP contribution in [0.1, 0.15) is 58.7 Å². The summed E-state index contributed by atoms with van der Waals surface area (Å²) in [6, 6.07) is 0. The summed E-state index contributed by atoms with van der Waals surface area (Å²) in [6.07, 6.45) is 5.08. The Balaban J connectivity index is 2.21. The molecule has 1 aromatic rings. The van der Waals surface area contributed by atoms with Crippen LogP contribution in [-0.2, 0) is 12.8 Å². The van der Waals surface area contributed by atoms with E-state index in [9.17, 15) is 0 Å². The second-order valence-electron chi connectivity index (χ2n) is 5.47. The highest BCUT2D eigenvalue weighted by molar-refractivity contribution is 4.82. The molecular formula is C13H25N3O. The highest BCUT2D eigenvalue weighted by atomic mass is 16.4.